The summed E-state index contributed by atoms with van der Waals surface area (Å²) in [6.07, 6.45) is 5.38. The molecule has 4 aromatic heterocycles. The van der Waals surface area contributed by atoms with Crippen LogP contribution in [0.15, 0.2) is 134 Å². The Balaban J connectivity index is 1.23. The summed E-state index contributed by atoms with van der Waals surface area (Å²) < 4.78 is 12.8. The Morgan fingerprint density at radius 2 is 1.26 bits per heavy atom. The molecule has 7 nitrogen and oxygen atoms in total. The second-order valence-corrected chi connectivity index (χ2v) is 11.6. The van der Waals surface area contributed by atoms with Gasteiger partial charge in [-0.3, -0.25) is 4.57 Å². The topological polar surface area (TPSA) is 62.7 Å². The molecule has 0 radical (unpaired) electrons. The van der Waals surface area contributed by atoms with Gasteiger partial charge in [0.25, 0.3) is 0 Å². The molecule has 0 bridgehead atoms. The van der Waals surface area contributed by atoms with Crippen molar-refractivity contribution in [3.8, 4) is 28.7 Å². The standard InChI is InChI=1S/C39H28N6O/c1-25-8-5-13-33-34-14-6-9-26(2)39(34)44(38(25)33)28-18-19-40-37(23-28)45-35-15-4-3-12-31(35)32-17-16-30(24-36(32)45)46-29-11-7-10-27(22-29)43-21-20-41-42-43/h3-24H,1-2H3. The molecule has 0 amide bonds. The van der Waals surface area contributed by atoms with E-state index in [9.17, 15) is 0 Å². The molecule has 0 atom stereocenters. The second kappa shape index (κ2) is 10.2. The van der Waals surface area contributed by atoms with E-state index < -0.39 is 0 Å². The van der Waals surface area contributed by atoms with Gasteiger partial charge in [-0.05, 0) is 61.4 Å². The fourth-order valence-electron chi connectivity index (χ4n) is 6.82. The van der Waals surface area contributed by atoms with E-state index in [1.54, 1.807) is 10.9 Å². The zero-order valence-corrected chi connectivity index (χ0v) is 25.3. The maximum atomic E-state index is 6.42. The third-order valence-corrected chi connectivity index (χ3v) is 8.81. The van der Waals surface area contributed by atoms with Crippen LogP contribution in [0.2, 0.25) is 0 Å². The molecule has 4 heterocycles. The molecule has 46 heavy (non-hydrogen) atoms. The summed E-state index contributed by atoms with van der Waals surface area (Å²) in [7, 11) is 0. The van der Waals surface area contributed by atoms with E-state index in [1.807, 2.05) is 42.7 Å². The van der Waals surface area contributed by atoms with Gasteiger partial charge in [-0.15, -0.1) is 5.10 Å². The highest BCUT2D eigenvalue weighted by molar-refractivity contribution is 6.12. The molecule has 9 rings (SSSR count). The van der Waals surface area contributed by atoms with Gasteiger partial charge in [-0.2, -0.15) is 0 Å². The average Bonchev–Trinajstić information content (AvgIpc) is 3.82. The molecule has 0 N–H and O–H groups in total. The summed E-state index contributed by atoms with van der Waals surface area (Å²) in [6, 6.07) is 40.0. The van der Waals surface area contributed by atoms with Gasteiger partial charge in [0.2, 0.25) is 0 Å². The summed E-state index contributed by atoms with van der Waals surface area (Å²) in [4.78, 5) is 4.94. The second-order valence-electron chi connectivity index (χ2n) is 11.6. The number of hydrogen-bond donors (Lipinski definition) is 0. The summed E-state index contributed by atoms with van der Waals surface area (Å²) in [5, 5.41) is 12.8. The maximum absolute atomic E-state index is 6.42. The number of ether oxygens (including phenoxy) is 1. The van der Waals surface area contributed by atoms with Gasteiger partial charge >= 0.3 is 0 Å². The molecule has 0 aliphatic heterocycles. The van der Waals surface area contributed by atoms with E-state index in [0.717, 1.165) is 44.7 Å². The van der Waals surface area contributed by atoms with Crippen LogP contribution in [-0.2, 0) is 0 Å². The average molecular weight is 597 g/mol. The number of para-hydroxylation sites is 3. The van der Waals surface area contributed by atoms with E-state index >= 15 is 0 Å². The minimum Gasteiger partial charge on any atom is -0.457 e. The van der Waals surface area contributed by atoms with Crippen LogP contribution >= 0.6 is 0 Å². The van der Waals surface area contributed by atoms with Gasteiger partial charge in [0.15, 0.2) is 0 Å². The highest BCUT2D eigenvalue weighted by Gasteiger charge is 2.18. The fourth-order valence-corrected chi connectivity index (χ4v) is 6.82. The normalized spacial score (nSPS) is 11.7. The first-order valence-corrected chi connectivity index (χ1v) is 15.3. The fraction of sp³-hybridized carbons (Fsp3) is 0.0513. The number of rotatable bonds is 5. The van der Waals surface area contributed by atoms with Crippen molar-refractivity contribution < 1.29 is 4.74 Å². The summed E-state index contributed by atoms with van der Waals surface area (Å²) in [5.74, 6) is 2.29. The van der Waals surface area contributed by atoms with Crippen molar-refractivity contribution in [1.82, 2.24) is 29.1 Å². The van der Waals surface area contributed by atoms with Crippen molar-refractivity contribution in [1.29, 1.82) is 0 Å². The number of pyridine rings is 1. The van der Waals surface area contributed by atoms with E-state index in [4.69, 9.17) is 9.72 Å². The van der Waals surface area contributed by atoms with Crippen LogP contribution in [0.25, 0.3) is 60.8 Å². The highest BCUT2D eigenvalue weighted by Crippen LogP contribution is 2.38. The Bertz CT molecular complexity index is 2530. The Kier molecular flexibility index (Phi) is 5.80. The quantitative estimate of drug-likeness (QED) is 0.199. The van der Waals surface area contributed by atoms with Crippen molar-refractivity contribution in [2.45, 2.75) is 13.8 Å². The van der Waals surface area contributed by atoms with E-state index in [2.05, 4.69) is 118 Å². The van der Waals surface area contributed by atoms with Crippen LogP contribution in [-0.4, -0.2) is 29.1 Å². The Labute approximate surface area is 264 Å². The van der Waals surface area contributed by atoms with Crippen molar-refractivity contribution in [2.75, 3.05) is 0 Å². The van der Waals surface area contributed by atoms with E-state index in [-0.39, 0.29) is 0 Å². The molecular weight excluding hydrogens is 568 g/mol. The molecule has 0 spiro atoms. The monoisotopic (exact) mass is 596 g/mol. The minimum absolute atomic E-state index is 0.715. The molecule has 0 aliphatic rings. The smallest absolute Gasteiger partial charge is 0.139 e. The summed E-state index contributed by atoms with van der Waals surface area (Å²) in [5.41, 5.74) is 8.95. The summed E-state index contributed by atoms with van der Waals surface area (Å²) >= 11 is 0. The Morgan fingerprint density at radius 1 is 0.543 bits per heavy atom. The van der Waals surface area contributed by atoms with E-state index in [1.165, 1.54) is 32.9 Å². The predicted octanol–water partition coefficient (Wildman–Crippen LogP) is 9.27. The zero-order valence-electron chi connectivity index (χ0n) is 25.3. The van der Waals surface area contributed by atoms with Gasteiger partial charge in [-0.25, -0.2) is 9.67 Å². The number of hydrogen-bond acceptors (Lipinski definition) is 4. The SMILES string of the molecule is Cc1cccc2c3cccc(C)c3n(-c3ccnc(-n4c5ccccc5c5ccc(Oc6cccc(-n7ccnn7)c6)cc54)c3)c12. The van der Waals surface area contributed by atoms with Gasteiger partial charge in [0, 0.05) is 45.9 Å². The van der Waals surface area contributed by atoms with Crippen LogP contribution in [0.4, 0.5) is 0 Å². The number of nitrogens with zero attached hydrogens (tertiary/aromatic N) is 6. The molecule has 220 valence electrons. The zero-order chi connectivity index (χ0) is 30.8. The lowest BCUT2D eigenvalue weighted by molar-refractivity contribution is 0.482. The predicted molar refractivity (Wildman–Crippen MR) is 184 cm³/mol. The molecule has 5 aromatic carbocycles. The van der Waals surface area contributed by atoms with Crippen LogP contribution in [0, 0.1) is 13.8 Å². The molecule has 7 heteroatoms. The van der Waals surface area contributed by atoms with Gasteiger partial charge in [-0.1, -0.05) is 65.9 Å². The molecule has 9 aromatic rings. The number of aromatic nitrogens is 6. The molecule has 0 saturated heterocycles. The van der Waals surface area contributed by atoms with Gasteiger partial charge < -0.3 is 9.30 Å². The first-order valence-electron chi connectivity index (χ1n) is 15.3. The molecule has 0 saturated carbocycles. The molecule has 0 fully saturated rings. The van der Waals surface area contributed by atoms with Crippen molar-refractivity contribution in [2.24, 2.45) is 0 Å². The van der Waals surface area contributed by atoms with Crippen molar-refractivity contribution in [3.05, 3.63) is 145 Å². The minimum atomic E-state index is 0.715. The first kappa shape index (κ1) is 26.2. The number of aryl methyl sites for hydroxylation is 2. The van der Waals surface area contributed by atoms with Crippen LogP contribution in [0.3, 0.4) is 0 Å². The van der Waals surface area contributed by atoms with Crippen molar-refractivity contribution >= 4 is 43.6 Å². The Morgan fingerprint density at radius 3 is 2.04 bits per heavy atom. The van der Waals surface area contributed by atoms with Crippen LogP contribution < -0.4 is 4.74 Å². The summed E-state index contributed by atoms with van der Waals surface area (Å²) in [6.45, 7) is 4.37. The van der Waals surface area contributed by atoms with E-state index in [0.29, 0.717) is 5.75 Å². The Hall–Kier alpha value is -6.21. The van der Waals surface area contributed by atoms with Gasteiger partial charge in [0.1, 0.15) is 17.3 Å². The highest BCUT2D eigenvalue weighted by atomic mass is 16.5. The van der Waals surface area contributed by atoms with Crippen LogP contribution in [0.5, 0.6) is 11.5 Å². The maximum Gasteiger partial charge on any atom is 0.139 e. The number of fused-ring (bicyclic) bond motifs is 6. The third kappa shape index (κ3) is 4.02. The van der Waals surface area contributed by atoms with Crippen molar-refractivity contribution in [3.63, 3.8) is 0 Å². The lowest BCUT2D eigenvalue weighted by Gasteiger charge is -2.14. The lowest BCUT2D eigenvalue weighted by Crippen LogP contribution is -2.02. The lowest BCUT2D eigenvalue weighted by atomic mass is 10.1. The number of benzene rings is 5. The third-order valence-electron chi connectivity index (χ3n) is 8.81. The molecule has 0 unspecified atom stereocenters. The van der Waals surface area contributed by atoms with Crippen LogP contribution in [0.1, 0.15) is 11.1 Å². The largest absolute Gasteiger partial charge is 0.457 e. The first-order chi connectivity index (χ1) is 22.6. The molecule has 0 aliphatic carbocycles. The van der Waals surface area contributed by atoms with Gasteiger partial charge in [0.05, 0.1) is 45.8 Å². The molecular formula is C39H28N6O.